The summed E-state index contributed by atoms with van der Waals surface area (Å²) in [6.45, 7) is 5.07. The van der Waals surface area contributed by atoms with Crippen molar-refractivity contribution in [2.45, 2.75) is 39.5 Å². The molecule has 0 atom stereocenters. The van der Waals surface area contributed by atoms with Gasteiger partial charge in [-0.25, -0.2) is 0 Å². The third-order valence-electron chi connectivity index (χ3n) is 4.32. The van der Waals surface area contributed by atoms with E-state index >= 15 is 0 Å². The molecule has 5 nitrogen and oxygen atoms in total. The molecule has 2 rings (SSSR count). The van der Waals surface area contributed by atoms with Crippen molar-refractivity contribution in [2.24, 2.45) is 0 Å². The molecule has 2 aromatic carbocycles. The smallest absolute Gasteiger partial charge is 0.306 e. The van der Waals surface area contributed by atoms with E-state index in [1.807, 2.05) is 62.4 Å². The minimum atomic E-state index is -0.278. The van der Waals surface area contributed by atoms with Crippen LogP contribution >= 0.6 is 0 Å². The first-order chi connectivity index (χ1) is 13.6. The van der Waals surface area contributed by atoms with Gasteiger partial charge in [0.2, 0.25) is 5.91 Å². The topological polar surface area (TPSA) is 64.6 Å². The van der Waals surface area contributed by atoms with Crippen LogP contribution < -0.4 is 10.1 Å². The number of ether oxygens (including phenoxy) is 2. The number of rotatable bonds is 11. The van der Waals surface area contributed by atoms with Gasteiger partial charge in [0.15, 0.2) is 0 Å². The number of benzene rings is 2. The molecule has 1 N–H and O–H groups in total. The van der Waals surface area contributed by atoms with Crippen LogP contribution in [-0.2, 0) is 27.2 Å². The van der Waals surface area contributed by atoms with Gasteiger partial charge in [-0.1, -0.05) is 48.0 Å². The lowest BCUT2D eigenvalue weighted by atomic mass is 10.1. The molecule has 0 bridgehead atoms. The Bertz CT molecular complexity index is 755. The summed E-state index contributed by atoms with van der Waals surface area (Å²) in [6.07, 6.45) is 1.97. The number of carbonyl (C=O) groups is 2. The molecule has 0 unspecified atom stereocenters. The molecule has 0 aliphatic heterocycles. The van der Waals surface area contributed by atoms with Gasteiger partial charge in [0.25, 0.3) is 0 Å². The van der Waals surface area contributed by atoms with Gasteiger partial charge in [0.1, 0.15) is 12.4 Å². The summed E-state index contributed by atoms with van der Waals surface area (Å²) in [4.78, 5) is 23.8. The Balaban J connectivity index is 1.59. The molecule has 0 aromatic heterocycles. The zero-order chi connectivity index (χ0) is 20.2. The van der Waals surface area contributed by atoms with E-state index in [9.17, 15) is 9.59 Å². The van der Waals surface area contributed by atoms with E-state index in [4.69, 9.17) is 9.47 Å². The highest BCUT2D eigenvalue weighted by Crippen LogP contribution is 2.19. The lowest BCUT2D eigenvalue weighted by Gasteiger charge is -2.10. The van der Waals surface area contributed by atoms with E-state index in [0.29, 0.717) is 32.4 Å². The van der Waals surface area contributed by atoms with Crippen LogP contribution in [0.25, 0.3) is 0 Å². The second-order valence-corrected chi connectivity index (χ2v) is 6.60. The van der Waals surface area contributed by atoms with Gasteiger partial charge in [0.05, 0.1) is 13.2 Å². The fraction of sp³-hybridized carbons (Fsp3) is 0.391. The Morgan fingerprint density at radius 1 is 0.964 bits per heavy atom. The van der Waals surface area contributed by atoms with E-state index in [1.165, 1.54) is 5.56 Å². The normalized spacial score (nSPS) is 10.4. The molecule has 0 spiro atoms. The van der Waals surface area contributed by atoms with Crippen molar-refractivity contribution in [1.29, 1.82) is 0 Å². The highest BCUT2D eigenvalue weighted by atomic mass is 16.5. The van der Waals surface area contributed by atoms with Gasteiger partial charge in [-0.2, -0.15) is 0 Å². The van der Waals surface area contributed by atoms with Crippen LogP contribution in [0.2, 0.25) is 0 Å². The van der Waals surface area contributed by atoms with Crippen molar-refractivity contribution in [1.82, 2.24) is 5.32 Å². The minimum Gasteiger partial charge on any atom is -0.494 e. The molecule has 2 aromatic rings. The highest BCUT2D eigenvalue weighted by Gasteiger charge is 2.08. The van der Waals surface area contributed by atoms with Crippen LogP contribution in [0.3, 0.4) is 0 Å². The van der Waals surface area contributed by atoms with E-state index in [-0.39, 0.29) is 24.9 Å². The molecule has 0 saturated heterocycles. The SMILES string of the molecule is CCOc1ccccc1CCC(=O)OCCNC(=O)CCc1ccc(C)cc1. The maximum absolute atomic E-state index is 11.9. The first-order valence-electron chi connectivity index (χ1n) is 9.77. The third-order valence-corrected chi connectivity index (χ3v) is 4.32. The average Bonchev–Trinajstić information content (AvgIpc) is 2.70. The van der Waals surface area contributed by atoms with E-state index in [2.05, 4.69) is 5.32 Å². The molecule has 150 valence electrons. The van der Waals surface area contributed by atoms with Crippen LogP contribution in [0.1, 0.15) is 36.5 Å². The standard InChI is InChI=1S/C23H29NO4/c1-3-27-21-7-5-4-6-20(21)13-15-23(26)28-17-16-24-22(25)14-12-19-10-8-18(2)9-11-19/h4-11H,3,12-17H2,1-2H3,(H,24,25). The number of amides is 1. The van der Waals surface area contributed by atoms with Gasteiger partial charge >= 0.3 is 5.97 Å². The Morgan fingerprint density at radius 2 is 1.71 bits per heavy atom. The van der Waals surface area contributed by atoms with Crippen molar-refractivity contribution in [3.8, 4) is 5.75 Å². The number of nitrogens with one attached hydrogen (secondary N) is 1. The zero-order valence-corrected chi connectivity index (χ0v) is 16.7. The molecular weight excluding hydrogens is 354 g/mol. The quantitative estimate of drug-likeness (QED) is 0.475. The average molecular weight is 383 g/mol. The Kier molecular flexibility index (Phi) is 9.05. The second kappa shape index (κ2) is 11.8. The summed E-state index contributed by atoms with van der Waals surface area (Å²) in [7, 11) is 0. The van der Waals surface area contributed by atoms with Crippen molar-refractivity contribution >= 4 is 11.9 Å². The van der Waals surface area contributed by atoms with Crippen LogP contribution in [0, 0.1) is 6.92 Å². The van der Waals surface area contributed by atoms with E-state index < -0.39 is 0 Å². The molecule has 0 fully saturated rings. The number of hydrogen-bond donors (Lipinski definition) is 1. The molecule has 0 heterocycles. The molecule has 28 heavy (non-hydrogen) atoms. The number of esters is 1. The molecule has 5 heteroatoms. The molecular formula is C23H29NO4. The maximum Gasteiger partial charge on any atom is 0.306 e. The Morgan fingerprint density at radius 3 is 2.46 bits per heavy atom. The molecule has 1 amide bonds. The minimum absolute atomic E-state index is 0.0396. The summed E-state index contributed by atoms with van der Waals surface area (Å²) in [5.74, 6) is 0.487. The summed E-state index contributed by atoms with van der Waals surface area (Å²) in [6, 6.07) is 15.8. The van der Waals surface area contributed by atoms with Gasteiger partial charge in [0, 0.05) is 12.8 Å². The Labute approximate surface area is 167 Å². The molecule has 0 aliphatic rings. The fourth-order valence-corrected chi connectivity index (χ4v) is 2.77. The van der Waals surface area contributed by atoms with Gasteiger partial charge in [-0.15, -0.1) is 0 Å². The van der Waals surface area contributed by atoms with Gasteiger partial charge < -0.3 is 14.8 Å². The number of aryl methyl sites for hydroxylation is 3. The molecule has 0 aliphatic carbocycles. The summed E-state index contributed by atoms with van der Waals surface area (Å²) < 4.78 is 10.8. The predicted molar refractivity (Wildman–Crippen MR) is 109 cm³/mol. The highest BCUT2D eigenvalue weighted by molar-refractivity contribution is 5.76. The first-order valence-corrected chi connectivity index (χ1v) is 9.77. The zero-order valence-electron chi connectivity index (χ0n) is 16.7. The third kappa shape index (κ3) is 7.82. The number of para-hydroxylation sites is 1. The Hall–Kier alpha value is -2.82. The van der Waals surface area contributed by atoms with Crippen LogP contribution in [-0.4, -0.2) is 31.6 Å². The summed E-state index contributed by atoms with van der Waals surface area (Å²) >= 11 is 0. The fourth-order valence-electron chi connectivity index (χ4n) is 2.77. The predicted octanol–water partition coefficient (Wildman–Crippen LogP) is 3.62. The van der Waals surface area contributed by atoms with Gasteiger partial charge in [-0.05, 0) is 43.9 Å². The maximum atomic E-state index is 11.9. The van der Waals surface area contributed by atoms with E-state index in [1.54, 1.807) is 0 Å². The first kappa shape index (κ1) is 21.5. The molecule has 0 radical (unpaired) electrons. The summed E-state index contributed by atoms with van der Waals surface area (Å²) in [5.41, 5.74) is 3.33. The monoisotopic (exact) mass is 383 g/mol. The van der Waals surface area contributed by atoms with Crippen molar-refractivity contribution in [2.75, 3.05) is 19.8 Å². The second-order valence-electron chi connectivity index (χ2n) is 6.60. The number of carbonyl (C=O) groups excluding carboxylic acids is 2. The van der Waals surface area contributed by atoms with Crippen LogP contribution in [0.5, 0.6) is 5.75 Å². The largest absolute Gasteiger partial charge is 0.494 e. The van der Waals surface area contributed by atoms with Gasteiger partial charge in [-0.3, -0.25) is 9.59 Å². The van der Waals surface area contributed by atoms with Crippen molar-refractivity contribution in [3.05, 3.63) is 65.2 Å². The lowest BCUT2D eigenvalue weighted by molar-refractivity contribution is -0.143. The lowest BCUT2D eigenvalue weighted by Crippen LogP contribution is -2.28. The van der Waals surface area contributed by atoms with Crippen molar-refractivity contribution < 1.29 is 19.1 Å². The van der Waals surface area contributed by atoms with Crippen LogP contribution in [0.15, 0.2) is 48.5 Å². The molecule has 0 saturated carbocycles. The van der Waals surface area contributed by atoms with Crippen LogP contribution in [0.4, 0.5) is 0 Å². The number of hydrogen-bond acceptors (Lipinski definition) is 4. The summed E-state index contributed by atoms with van der Waals surface area (Å²) in [5, 5.41) is 2.78. The van der Waals surface area contributed by atoms with E-state index in [0.717, 1.165) is 16.9 Å². The van der Waals surface area contributed by atoms with Crippen molar-refractivity contribution in [3.63, 3.8) is 0 Å².